The summed E-state index contributed by atoms with van der Waals surface area (Å²) in [5, 5.41) is 0. The zero-order valence-corrected chi connectivity index (χ0v) is 21.3. The van der Waals surface area contributed by atoms with Crippen LogP contribution in [0.4, 0.5) is 0 Å². The lowest BCUT2D eigenvalue weighted by Crippen LogP contribution is -2.36. The van der Waals surface area contributed by atoms with Gasteiger partial charge in [0.05, 0.1) is 0 Å². The fourth-order valence-electron chi connectivity index (χ4n) is 2.37. The molecule has 0 radical (unpaired) electrons. The van der Waals surface area contributed by atoms with Crippen molar-refractivity contribution in [2.24, 2.45) is 0 Å². The highest BCUT2D eigenvalue weighted by molar-refractivity contribution is 7.52. The Bertz CT molecular complexity index is 908. The molecule has 2 fully saturated rings. The Kier molecular flexibility index (Phi) is 8.27. The van der Waals surface area contributed by atoms with E-state index < -0.39 is 56.1 Å². The van der Waals surface area contributed by atoms with Crippen LogP contribution < -0.4 is 13.6 Å². The molecule has 0 atom stereocenters. The summed E-state index contributed by atoms with van der Waals surface area (Å²) in [6, 6.07) is 27.8. The standard InChI is InChI=1S/3C6H5O3P.2Al/c3*7-10(8)9-6-4-2-1-3-5-6;;/h3*1-5H;;/q3*-2;2*+3. The van der Waals surface area contributed by atoms with Crippen molar-refractivity contribution in [1.82, 2.24) is 0 Å². The molecule has 0 unspecified atom stereocenters. The minimum atomic E-state index is -2.45. The summed E-state index contributed by atoms with van der Waals surface area (Å²) in [7, 11) is -4.81. The predicted octanol–water partition coefficient (Wildman–Crippen LogP) is 6.00. The minimum absolute atomic E-state index is 0.589. The van der Waals surface area contributed by atoms with Crippen molar-refractivity contribution in [3.05, 3.63) is 91.0 Å². The maximum Gasteiger partial charge on any atom is 0.927 e. The third kappa shape index (κ3) is 6.61. The Hall–Kier alpha value is -0.825. The van der Waals surface area contributed by atoms with Crippen LogP contribution in [-0.4, -0.2) is 30.3 Å². The first-order valence-electron chi connectivity index (χ1n) is 9.40. The monoisotopic (exact) mass is 522 g/mol. The van der Waals surface area contributed by atoms with Gasteiger partial charge in [0.25, 0.3) is 0 Å². The van der Waals surface area contributed by atoms with Crippen LogP contribution in [0, 0.1) is 0 Å². The van der Waals surface area contributed by atoms with Crippen LogP contribution in [0.25, 0.3) is 0 Å². The fourth-order valence-corrected chi connectivity index (χ4v) is 10.4. The maximum atomic E-state index is 5.84. The van der Waals surface area contributed by atoms with Crippen LogP contribution in [0.3, 0.4) is 0 Å². The molecular weight excluding hydrogens is 507 g/mol. The maximum absolute atomic E-state index is 5.84. The molecule has 3 aromatic carbocycles. The van der Waals surface area contributed by atoms with Gasteiger partial charge in [0, 0.05) is 0 Å². The van der Waals surface area contributed by atoms with Gasteiger partial charge in [-0.25, -0.2) is 0 Å². The molecule has 3 aromatic rings. The zero-order chi connectivity index (χ0) is 21.6. The van der Waals surface area contributed by atoms with E-state index in [4.69, 9.17) is 35.0 Å². The Morgan fingerprint density at radius 1 is 0.531 bits per heavy atom. The van der Waals surface area contributed by atoms with Crippen molar-refractivity contribution in [1.29, 1.82) is 0 Å². The third-order valence-corrected chi connectivity index (χ3v) is 13.1. The number of rotatable bonds is 10. The van der Waals surface area contributed by atoms with Crippen LogP contribution in [0.15, 0.2) is 91.0 Å². The van der Waals surface area contributed by atoms with Crippen LogP contribution in [0.1, 0.15) is 0 Å². The molecule has 0 saturated carbocycles. The smallest absolute Gasteiger partial charge is 0.430 e. The van der Waals surface area contributed by atoms with E-state index in [9.17, 15) is 0 Å². The molecule has 2 aliphatic rings. The van der Waals surface area contributed by atoms with Crippen LogP contribution >= 0.6 is 25.8 Å². The van der Waals surface area contributed by atoms with Crippen molar-refractivity contribution >= 4 is 56.1 Å². The molecule has 0 N–H and O–H groups in total. The predicted molar refractivity (Wildman–Crippen MR) is 120 cm³/mol. The number of hydrogen-bond donors (Lipinski definition) is 0. The second kappa shape index (κ2) is 11.5. The average Bonchev–Trinajstić information content (AvgIpc) is 2.78. The Morgan fingerprint density at radius 2 is 0.906 bits per heavy atom. The topological polar surface area (TPSA) is 83.1 Å². The van der Waals surface area contributed by atoms with Gasteiger partial charge in [-0.05, 0) is 36.4 Å². The molecule has 162 valence electrons. The molecule has 2 heterocycles. The summed E-state index contributed by atoms with van der Waals surface area (Å²) in [6.45, 7) is 0. The van der Waals surface area contributed by atoms with E-state index in [0.29, 0.717) is 17.2 Å². The highest BCUT2D eigenvalue weighted by Crippen LogP contribution is 2.57. The first-order chi connectivity index (χ1) is 15.8. The van der Waals surface area contributed by atoms with E-state index in [1.165, 1.54) is 0 Å². The largest absolute Gasteiger partial charge is 0.927 e. The first-order valence-corrected chi connectivity index (χ1v) is 15.5. The van der Waals surface area contributed by atoms with Crippen molar-refractivity contribution in [3.8, 4) is 17.2 Å². The van der Waals surface area contributed by atoms with Gasteiger partial charge < -0.3 is 35.0 Å². The quantitative estimate of drug-likeness (QED) is 0.235. The molecule has 2 aliphatic heterocycles. The fraction of sp³-hybridized carbons (Fsp3) is 0. The lowest BCUT2D eigenvalue weighted by Gasteiger charge is -2.33. The van der Waals surface area contributed by atoms with Gasteiger partial charge in [0.2, 0.25) is 0 Å². The van der Waals surface area contributed by atoms with Gasteiger partial charge in [0.1, 0.15) is 17.2 Å². The van der Waals surface area contributed by atoms with E-state index in [1.807, 2.05) is 78.9 Å². The normalized spacial score (nSPS) is 16.4. The Balaban J connectivity index is 1.11. The van der Waals surface area contributed by atoms with E-state index >= 15 is 0 Å². The van der Waals surface area contributed by atoms with Gasteiger partial charge in [-0.1, -0.05) is 54.6 Å². The van der Waals surface area contributed by atoms with Gasteiger partial charge in [0.15, 0.2) is 0 Å². The SMILES string of the molecule is c1ccc(OP2[O][Al]([O]P(Oc3ccccc3)[O][Al]3[O]P(Oc4ccccc4)[O]3)[O]2)cc1. The van der Waals surface area contributed by atoms with Crippen molar-refractivity contribution in [3.63, 3.8) is 0 Å². The molecule has 5 rings (SSSR count). The van der Waals surface area contributed by atoms with E-state index in [-0.39, 0.29) is 0 Å². The zero-order valence-electron chi connectivity index (χ0n) is 16.3. The average molecular weight is 522 g/mol. The van der Waals surface area contributed by atoms with Gasteiger partial charge in [-0.2, -0.15) is 0 Å². The molecular formula is C18H15Al2O9P3. The highest BCUT2D eigenvalue weighted by atomic mass is 31.2. The van der Waals surface area contributed by atoms with Gasteiger partial charge in [-0.3, -0.25) is 0 Å². The first kappa shape index (κ1) is 22.9. The number of hydrogen-bond acceptors (Lipinski definition) is 9. The minimum Gasteiger partial charge on any atom is -0.430 e. The summed E-state index contributed by atoms with van der Waals surface area (Å²) in [5.74, 6) is 1.92. The summed E-state index contributed by atoms with van der Waals surface area (Å²) >= 11 is -4.90. The number of benzene rings is 3. The van der Waals surface area contributed by atoms with E-state index in [2.05, 4.69) is 0 Å². The molecule has 0 amide bonds. The molecule has 32 heavy (non-hydrogen) atoms. The molecule has 2 saturated heterocycles. The van der Waals surface area contributed by atoms with Crippen LogP contribution in [0.5, 0.6) is 17.2 Å². The number of para-hydroxylation sites is 3. The molecule has 0 spiro atoms. The summed E-state index contributed by atoms with van der Waals surface area (Å²) in [6.07, 6.45) is 0. The lowest BCUT2D eigenvalue weighted by molar-refractivity contribution is 0.176. The second-order valence-electron chi connectivity index (χ2n) is 6.09. The van der Waals surface area contributed by atoms with Crippen LogP contribution in [-0.2, 0) is 21.5 Å². The van der Waals surface area contributed by atoms with Crippen molar-refractivity contribution in [2.75, 3.05) is 0 Å². The molecule has 14 heteroatoms. The highest BCUT2D eigenvalue weighted by Gasteiger charge is 2.57. The van der Waals surface area contributed by atoms with E-state index in [1.54, 1.807) is 12.1 Å². The molecule has 9 nitrogen and oxygen atoms in total. The van der Waals surface area contributed by atoms with Gasteiger partial charge >= 0.3 is 56.1 Å². The van der Waals surface area contributed by atoms with Gasteiger partial charge in [-0.15, -0.1) is 0 Å². The van der Waals surface area contributed by atoms with Crippen molar-refractivity contribution < 1.29 is 35.0 Å². The second-order valence-corrected chi connectivity index (χ2v) is 14.2. The Labute approximate surface area is 198 Å². The van der Waals surface area contributed by atoms with Crippen molar-refractivity contribution in [2.45, 2.75) is 0 Å². The summed E-state index contributed by atoms with van der Waals surface area (Å²) in [4.78, 5) is 0. The molecule has 0 aliphatic carbocycles. The van der Waals surface area contributed by atoms with Crippen LogP contribution in [0.2, 0.25) is 0 Å². The Morgan fingerprint density at radius 3 is 1.31 bits per heavy atom. The lowest BCUT2D eigenvalue weighted by atomic mass is 10.3. The molecule has 0 bridgehead atoms. The summed E-state index contributed by atoms with van der Waals surface area (Å²) < 4.78 is 51.3. The van der Waals surface area contributed by atoms with E-state index in [0.717, 1.165) is 0 Å². The molecule has 0 aromatic heterocycles. The third-order valence-electron chi connectivity index (χ3n) is 3.80. The summed E-state index contributed by atoms with van der Waals surface area (Å²) in [5.41, 5.74) is 0.